The summed E-state index contributed by atoms with van der Waals surface area (Å²) >= 11 is 0. The summed E-state index contributed by atoms with van der Waals surface area (Å²) in [7, 11) is -3.25. The van der Waals surface area contributed by atoms with Gasteiger partial charge in [-0.1, -0.05) is 0 Å². The summed E-state index contributed by atoms with van der Waals surface area (Å²) in [5, 5.41) is 10.8. The molecule has 3 N–H and O–H groups in total. The van der Waals surface area contributed by atoms with E-state index < -0.39 is 27.6 Å². The van der Waals surface area contributed by atoms with Gasteiger partial charge in [-0.05, 0) is 68.7 Å². The van der Waals surface area contributed by atoms with E-state index in [9.17, 15) is 17.2 Å². The largest absolute Gasteiger partial charge is 0.481 e. The van der Waals surface area contributed by atoms with Crippen LogP contribution in [0.15, 0.2) is 18.2 Å². The smallest absolute Gasteiger partial charge is 0.300 e. The van der Waals surface area contributed by atoms with Crippen molar-refractivity contribution >= 4 is 16.0 Å². The van der Waals surface area contributed by atoms with Crippen molar-refractivity contribution < 1.29 is 31.8 Å². The van der Waals surface area contributed by atoms with Crippen LogP contribution in [0.4, 0.5) is 8.78 Å². The molecule has 1 aliphatic carbocycles. The van der Waals surface area contributed by atoms with Crippen LogP contribution in [0.25, 0.3) is 0 Å². The van der Waals surface area contributed by atoms with Crippen LogP contribution in [0.1, 0.15) is 56.9 Å². The Morgan fingerprint density at radius 2 is 1.74 bits per heavy atom. The first-order valence-corrected chi connectivity index (χ1v) is 12.4. The van der Waals surface area contributed by atoms with E-state index >= 15 is 0 Å². The van der Waals surface area contributed by atoms with Gasteiger partial charge in [0, 0.05) is 25.1 Å². The number of halogens is 2. The number of piperidine rings is 1. The van der Waals surface area contributed by atoms with Gasteiger partial charge in [-0.25, -0.2) is 21.9 Å². The molecule has 7 nitrogen and oxygen atoms in total. The molecular formula is C21H32F2N2O5S. The molecule has 1 aromatic carbocycles. The molecule has 3 rings (SSSR count). The number of rotatable bonds is 6. The molecule has 0 unspecified atom stereocenters. The average molecular weight is 463 g/mol. The molecule has 0 bridgehead atoms. The topological polar surface area (TPSA) is 105 Å². The SMILES string of the molecule is CC(=O)O.CS(=O)(=O)N[C@@H]1CCCN[C@@H]1COC1CCC(c2cc(F)cc(F)c2)CC1. The number of benzene rings is 1. The van der Waals surface area contributed by atoms with Crippen molar-refractivity contribution in [1.29, 1.82) is 0 Å². The maximum Gasteiger partial charge on any atom is 0.300 e. The number of aliphatic carboxylic acids is 1. The number of carboxylic acids is 1. The third-order valence-corrected chi connectivity index (χ3v) is 6.22. The molecule has 0 amide bonds. The van der Waals surface area contributed by atoms with Crippen LogP contribution in [0.3, 0.4) is 0 Å². The summed E-state index contributed by atoms with van der Waals surface area (Å²) in [6.45, 7) is 2.39. The van der Waals surface area contributed by atoms with Crippen LogP contribution in [0, 0.1) is 11.6 Å². The highest BCUT2D eigenvalue weighted by atomic mass is 32.2. The lowest BCUT2D eigenvalue weighted by molar-refractivity contribution is -0.134. The molecule has 10 heteroatoms. The zero-order chi connectivity index (χ0) is 23.0. The Balaban J connectivity index is 0.000000785. The van der Waals surface area contributed by atoms with Crippen molar-refractivity contribution in [3.05, 3.63) is 35.4 Å². The molecule has 1 saturated heterocycles. The number of carbonyl (C=O) groups is 1. The predicted molar refractivity (Wildman–Crippen MR) is 113 cm³/mol. The minimum atomic E-state index is -3.25. The second-order valence-corrected chi connectivity index (χ2v) is 10.0. The molecule has 176 valence electrons. The molecule has 1 aliphatic heterocycles. The number of hydrogen-bond donors (Lipinski definition) is 3. The van der Waals surface area contributed by atoms with E-state index in [4.69, 9.17) is 14.6 Å². The van der Waals surface area contributed by atoms with Gasteiger partial charge in [0.1, 0.15) is 11.6 Å². The van der Waals surface area contributed by atoms with E-state index in [-0.39, 0.29) is 24.1 Å². The van der Waals surface area contributed by atoms with Gasteiger partial charge in [0.15, 0.2) is 0 Å². The lowest BCUT2D eigenvalue weighted by atomic mass is 9.82. The Hall–Kier alpha value is -1.62. The summed E-state index contributed by atoms with van der Waals surface area (Å²) < 4.78 is 58.7. The molecule has 2 fully saturated rings. The van der Waals surface area contributed by atoms with Gasteiger partial charge in [-0.2, -0.15) is 0 Å². The minimum Gasteiger partial charge on any atom is -0.481 e. The van der Waals surface area contributed by atoms with Crippen LogP contribution in [0.2, 0.25) is 0 Å². The maximum absolute atomic E-state index is 13.4. The Morgan fingerprint density at radius 3 is 2.29 bits per heavy atom. The van der Waals surface area contributed by atoms with Gasteiger partial charge in [0.05, 0.1) is 19.0 Å². The number of ether oxygens (including phenoxy) is 1. The average Bonchev–Trinajstić information content (AvgIpc) is 2.65. The highest BCUT2D eigenvalue weighted by molar-refractivity contribution is 7.88. The monoisotopic (exact) mass is 462 g/mol. The van der Waals surface area contributed by atoms with E-state index in [1.165, 1.54) is 18.4 Å². The molecule has 2 atom stereocenters. The third kappa shape index (κ3) is 9.59. The summed E-state index contributed by atoms with van der Waals surface area (Å²) in [6, 6.07) is 3.55. The normalized spacial score (nSPS) is 26.6. The minimum absolute atomic E-state index is 0.0384. The molecule has 0 aromatic heterocycles. The van der Waals surface area contributed by atoms with Crippen molar-refractivity contribution in [2.24, 2.45) is 0 Å². The van der Waals surface area contributed by atoms with E-state index in [0.717, 1.165) is 63.6 Å². The van der Waals surface area contributed by atoms with Crippen LogP contribution in [0.5, 0.6) is 0 Å². The fourth-order valence-corrected chi connectivity index (χ4v) is 4.99. The van der Waals surface area contributed by atoms with Gasteiger partial charge < -0.3 is 15.2 Å². The van der Waals surface area contributed by atoms with Crippen molar-refractivity contribution in [1.82, 2.24) is 10.0 Å². The maximum atomic E-state index is 13.4. The van der Waals surface area contributed by atoms with E-state index in [1.54, 1.807) is 0 Å². The van der Waals surface area contributed by atoms with E-state index in [1.807, 2.05) is 0 Å². The third-order valence-electron chi connectivity index (χ3n) is 5.49. The summed E-state index contributed by atoms with van der Waals surface area (Å²) in [6.07, 6.45) is 6.33. The lowest BCUT2D eigenvalue weighted by Crippen LogP contribution is -2.55. The fourth-order valence-electron chi connectivity index (χ4n) is 4.16. The molecular weight excluding hydrogens is 430 g/mol. The molecule has 0 spiro atoms. The standard InChI is InChI=1S/C19H28F2N2O3S.C2H4O2/c1-27(24,25)23-18-3-2-8-22-19(18)12-26-17-6-4-13(5-7-17)14-9-15(20)11-16(21)10-14;1-2(3)4/h9-11,13,17-19,22-23H,2-8,12H2,1H3;1H3,(H,3,4)/t13?,17?,18-,19-;/m1./s1. The number of hydrogen-bond acceptors (Lipinski definition) is 5. The summed E-state index contributed by atoms with van der Waals surface area (Å²) in [5.41, 5.74) is 0.720. The van der Waals surface area contributed by atoms with Gasteiger partial charge >= 0.3 is 0 Å². The molecule has 1 heterocycles. The Labute approximate surface area is 182 Å². The molecule has 2 aliphatic rings. The molecule has 1 aromatic rings. The Bertz CT molecular complexity index is 805. The van der Waals surface area contributed by atoms with Crippen LogP contribution >= 0.6 is 0 Å². The summed E-state index contributed by atoms with van der Waals surface area (Å²) in [4.78, 5) is 9.00. The zero-order valence-corrected chi connectivity index (χ0v) is 18.8. The fraction of sp³-hybridized carbons (Fsp3) is 0.667. The highest BCUT2D eigenvalue weighted by Gasteiger charge is 2.29. The van der Waals surface area contributed by atoms with Gasteiger partial charge in [0.25, 0.3) is 5.97 Å². The van der Waals surface area contributed by atoms with Crippen LogP contribution in [-0.2, 0) is 19.6 Å². The predicted octanol–water partition coefficient (Wildman–Crippen LogP) is 2.77. The van der Waals surface area contributed by atoms with Crippen LogP contribution < -0.4 is 10.0 Å². The van der Waals surface area contributed by atoms with Gasteiger partial charge in [0.2, 0.25) is 10.0 Å². The van der Waals surface area contributed by atoms with Gasteiger partial charge in [-0.15, -0.1) is 0 Å². The zero-order valence-electron chi connectivity index (χ0n) is 17.9. The van der Waals surface area contributed by atoms with Crippen molar-refractivity contribution in [2.75, 3.05) is 19.4 Å². The first-order chi connectivity index (χ1) is 14.5. The Kier molecular flexibility index (Phi) is 9.80. The van der Waals surface area contributed by atoms with E-state index in [0.29, 0.717) is 6.61 Å². The summed E-state index contributed by atoms with van der Waals surface area (Å²) in [5.74, 6) is -1.74. The Morgan fingerprint density at radius 1 is 1.16 bits per heavy atom. The van der Waals surface area contributed by atoms with Crippen LogP contribution in [-0.4, -0.2) is 57.1 Å². The molecule has 31 heavy (non-hydrogen) atoms. The molecule has 1 saturated carbocycles. The van der Waals surface area contributed by atoms with Crippen molar-refractivity contribution in [3.63, 3.8) is 0 Å². The molecule has 0 radical (unpaired) electrons. The number of sulfonamides is 1. The second kappa shape index (κ2) is 11.8. The highest BCUT2D eigenvalue weighted by Crippen LogP contribution is 2.34. The second-order valence-electron chi connectivity index (χ2n) is 8.23. The first kappa shape index (κ1) is 25.6. The quantitative estimate of drug-likeness (QED) is 0.601. The van der Waals surface area contributed by atoms with Gasteiger partial charge in [-0.3, -0.25) is 4.79 Å². The van der Waals surface area contributed by atoms with E-state index in [2.05, 4.69) is 10.0 Å². The first-order valence-electron chi connectivity index (χ1n) is 10.5. The van der Waals surface area contributed by atoms with Crippen molar-refractivity contribution in [3.8, 4) is 0 Å². The lowest BCUT2D eigenvalue weighted by Gasteiger charge is -2.35. The number of nitrogens with one attached hydrogen (secondary N) is 2. The number of carboxylic acid groups (broad SMARTS) is 1. The van der Waals surface area contributed by atoms with Crippen molar-refractivity contribution in [2.45, 2.75) is 69.6 Å².